The van der Waals surface area contributed by atoms with Crippen molar-refractivity contribution in [2.45, 2.75) is 60.6 Å². The van der Waals surface area contributed by atoms with Crippen LogP contribution >= 0.6 is 17.0 Å². The number of fused-ring (bicyclic) bond motifs is 2. The molecule has 2 aliphatic rings. The summed E-state index contributed by atoms with van der Waals surface area (Å²) < 4.78 is 1.32. The fraction of sp³-hybridized carbons (Fsp3) is 0.256. The Balaban J connectivity index is 1.62. The van der Waals surface area contributed by atoms with Crippen LogP contribution in [-0.2, 0) is 15.9 Å². The van der Waals surface area contributed by atoms with Gasteiger partial charge in [0.15, 0.2) is 0 Å². The number of halogens is 2. The molecule has 0 heterocycles. The average molecular weight is 671 g/mol. The van der Waals surface area contributed by atoms with Crippen LogP contribution < -0.4 is 0 Å². The van der Waals surface area contributed by atoms with Gasteiger partial charge in [-0.3, -0.25) is 0 Å². The van der Waals surface area contributed by atoms with E-state index < -0.39 is 15.9 Å². The van der Waals surface area contributed by atoms with Crippen molar-refractivity contribution in [1.29, 1.82) is 0 Å². The first-order valence-corrected chi connectivity index (χ1v) is 25.8. The van der Waals surface area contributed by atoms with E-state index in [1.54, 1.807) is 0 Å². The van der Waals surface area contributed by atoms with E-state index in [0.29, 0.717) is 0 Å². The van der Waals surface area contributed by atoms with Gasteiger partial charge in [0.25, 0.3) is 0 Å². The van der Waals surface area contributed by atoms with Crippen LogP contribution in [0, 0.1) is 0 Å². The Morgan fingerprint density at radius 2 is 0.976 bits per heavy atom. The molecular formula is C39H40Cl2Zr. The maximum absolute atomic E-state index is 8.51. The van der Waals surface area contributed by atoms with E-state index in [9.17, 15) is 0 Å². The van der Waals surface area contributed by atoms with Crippen molar-refractivity contribution in [3.8, 4) is 22.3 Å². The van der Waals surface area contributed by atoms with Crippen LogP contribution in [0.5, 0.6) is 0 Å². The molecule has 2 atom stereocenters. The molecule has 0 bridgehead atoms. The number of benzene rings is 4. The third-order valence-electron chi connectivity index (χ3n) is 9.56. The summed E-state index contributed by atoms with van der Waals surface area (Å²) in [6, 6.07) is 35.1. The van der Waals surface area contributed by atoms with Gasteiger partial charge in [-0.15, -0.1) is 0 Å². The Morgan fingerprint density at radius 3 is 1.33 bits per heavy atom. The summed E-state index contributed by atoms with van der Waals surface area (Å²) in [6.07, 6.45) is 9.03. The van der Waals surface area contributed by atoms with Gasteiger partial charge < -0.3 is 0 Å². The molecule has 0 saturated heterocycles. The first-order valence-electron chi connectivity index (χ1n) is 15.4. The fourth-order valence-electron chi connectivity index (χ4n) is 7.67. The maximum atomic E-state index is 8.51. The molecule has 2 aliphatic carbocycles. The molecule has 214 valence electrons. The van der Waals surface area contributed by atoms with Crippen LogP contribution in [0.1, 0.15) is 82.9 Å². The zero-order valence-electron chi connectivity index (χ0n) is 25.1. The number of hydrogen-bond acceptors (Lipinski definition) is 0. The van der Waals surface area contributed by atoms with E-state index in [-0.39, 0.29) is 7.25 Å². The number of allylic oxidation sites excluding steroid dienone is 2. The van der Waals surface area contributed by atoms with Crippen LogP contribution in [0.2, 0.25) is 0 Å². The molecule has 42 heavy (non-hydrogen) atoms. The first kappa shape index (κ1) is 29.8. The monoisotopic (exact) mass is 668 g/mol. The van der Waals surface area contributed by atoms with Gasteiger partial charge in [-0.1, -0.05) is 0 Å². The van der Waals surface area contributed by atoms with Gasteiger partial charge in [0.1, 0.15) is 0 Å². The predicted molar refractivity (Wildman–Crippen MR) is 183 cm³/mol. The van der Waals surface area contributed by atoms with Crippen molar-refractivity contribution in [2.24, 2.45) is 0 Å². The van der Waals surface area contributed by atoms with Gasteiger partial charge in [0.2, 0.25) is 0 Å². The standard InChI is InChI=1S/2C18H17.C3H6.2ClH.Zr/c2*1-2-7-14-12-16-10-6-11-17(18(16)13-14)15-8-4-3-5-9-15;1-3-2;;;/h2*3-6,8-13H,2,7H2,1H3;1-2H3;2*1H;/q;;;;;+2/p-2. The van der Waals surface area contributed by atoms with Gasteiger partial charge in [0, 0.05) is 0 Å². The molecule has 0 aromatic heterocycles. The van der Waals surface area contributed by atoms with Crippen molar-refractivity contribution >= 4 is 32.4 Å². The van der Waals surface area contributed by atoms with Crippen LogP contribution in [0.4, 0.5) is 0 Å². The molecule has 2 unspecified atom stereocenters. The molecular weight excluding hydrogens is 631 g/mol. The molecule has 4 aromatic carbocycles. The summed E-state index contributed by atoms with van der Waals surface area (Å²) in [6.45, 7) is 9.01. The molecule has 0 nitrogen and oxygen atoms in total. The summed E-state index contributed by atoms with van der Waals surface area (Å²) in [5.74, 6) is 0. The summed E-state index contributed by atoms with van der Waals surface area (Å²) in [7, 11) is 17.0. The van der Waals surface area contributed by atoms with Crippen LogP contribution in [-0.4, -0.2) is 3.21 Å². The van der Waals surface area contributed by atoms with E-state index in [1.165, 1.54) is 58.9 Å². The Labute approximate surface area is 259 Å². The summed E-state index contributed by atoms with van der Waals surface area (Å²) in [4.78, 5) is 0. The van der Waals surface area contributed by atoms with Gasteiger partial charge in [-0.25, -0.2) is 0 Å². The van der Waals surface area contributed by atoms with Crippen molar-refractivity contribution in [1.82, 2.24) is 0 Å². The number of hydrogen-bond donors (Lipinski definition) is 0. The van der Waals surface area contributed by atoms with E-state index in [1.807, 2.05) is 0 Å². The second-order valence-electron chi connectivity index (χ2n) is 12.3. The van der Waals surface area contributed by atoms with Gasteiger partial charge in [-0.2, -0.15) is 0 Å². The van der Waals surface area contributed by atoms with E-state index in [0.717, 1.165) is 25.7 Å². The normalized spacial score (nSPS) is 17.9. The zero-order chi connectivity index (χ0) is 29.5. The molecule has 0 saturated carbocycles. The van der Waals surface area contributed by atoms with Crippen molar-refractivity contribution in [3.63, 3.8) is 0 Å². The summed E-state index contributed by atoms with van der Waals surface area (Å²) in [5, 5.41) is 0. The molecule has 6 rings (SSSR count). The summed E-state index contributed by atoms with van der Waals surface area (Å²) in [5.41, 5.74) is 13.1. The van der Waals surface area contributed by atoms with Crippen LogP contribution in [0.15, 0.2) is 108 Å². The minimum absolute atomic E-state index is 0.0370. The van der Waals surface area contributed by atoms with Crippen molar-refractivity contribution < 1.29 is 15.9 Å². The Kier molecular flexibility index (Phi) is 8.25. The number of rotatable bonds is 8. The average Bonchev–Trinajstić information content (AvgIpc) is 3.57. The molecule has 0 N–H and O–H groups in total. The van der Waals surface area contributed by atoms with Crippen LogP contribution in [0.25, 0.3) is 34.4 Å². The minimum atomic E-state index is -4.98. The SMILES string of the molecule is CCCC1=Cc2c(-c3ccccc3)cccc2[CH]1[Zr]([Cl])([Cl])(=[C](C)C)[CH]1C(CCC)=Cc2c(-c3ccccc3)cccc21. The zero-order valence-corrected chi connectivity index (χ0v) is 29.1. The topological polar surface area (TPSA) is 0 Å². The third-order valence-corrected chi connectivity index (χ3v) is 32.5. The van der Waals surface area contributed by atoms with E-state index in [4.69, 9.17) is 17.0 Å². The fourth-order valence-corrected chi connectivity index (χ4v) is 25.9. The third kappa shape index (κ3) is 4.72. The van der Waals surface area contributed by atoms with Crippen molar-refractivity contribution in [3.05, 3.63) is 130 Å². The van der Waals surface area contributed by atoms with Gasteiger partial charge in [0.05, 0.1) is 0 Å². The first-order chi connectivity index (χ1) is 20.3. The molecule has 0 amide bonds. The predicted octanol–water partition coefficient (Wildman–Crippen LogP) is 12.4. The quantitative estimate of drug-likeness (QED) is 0.175. The molecule has 0 spiro atoms. The molecule has 0 radical (unpaired) electrons. The summed E-state index contributed by atoms with van der Waals surface area (Å²) >= 11 is -4.98. The second kappa shape index (κ2) is 11.7. The second-order valence-corrected chi connectivity index (χ2v) is 34.0. The molecule has 3 heteroatoms. The molecule has 0 fully saturated rings. The Morgan fingerprint density at radius 1 is 0.571 bits per heavy atom. The molecule has 4 aromatic rings. The molecule has 0 aliphatic heterocycles. The van der Waals surface area contributed by atoms with E-state index >= 15 is 0 Å². The Bertz CT molecular complexity index is 1650. The van der Waals surface area contributed by atoms with Gasteiger partial charge >= 0.3 is 262 Å². The van der Waals surface area contributed by atoms with Crippen molar-refractivity contribution in [2.75, 3.05) is 0 Å². The van der Waals surface area contributed by atoms with E-state index in [2.05, 4.69) is 137 Å². The van der Waals surface area contributed by atoms with Gasteiger partial charge in [-0.05, 0) is 0 Å². The Hall–Kier alpha value is -2.31. The van der Waals surface area contributed by atoms with Crippen LogP contribution in [0.3, 0.4) is 0 Å².